The van der Waals surface area contributed by atoms with Crippen LogP contribution in [0.5, 0.6) is 0 Å². The molecule has 0 fully saturated rings. The van der Waals surface area contributed by atoms with E-state index < -0.39 is 23.5 Å². The molecule has 0 saturated carbocycles. The van der Waals surface area contributed by atoms with E-state index >= 15 is 0 Å². The minimum absolute atomic E-state index is 0.150. The Morgan fingerprint density at radius 2 is 2.19 bits per heavy atom. The highest BCUT2D eigenvalue weighted by Crippen LogP contribution is 2.25. The molecule has 88 valence electrons. The molecule has 0 bridgehead atoms. The minimum atomic E-state index is -0.924. The Kier molecular flexibility index (Phi) is 4.66. The third-order valence-electron chi connectivity index (χ3n) is 1.72. The molecule has 0 radical (unpaired) electrons. The number of halogens is 1. The molecule has 1 unspecified atom stereocenters. The van der Waals surface area contributed by atoms with Gasteiger partial charge in [0.2, 0.25) is 0 Å². The zero-order chi connectivity index (χ0) is 12.1. The molecule has 0 aliphatic carbocycles. The molecule has 1 aromatic rings. The van der Waals surface area contributed by atoms with Gasteiger partial charge >= 0.3 is 0 Å². The molecule has 0 saturated heterocycles. The lowest BCUT2D eigenvalue weighted by Gasteiger charge is -2.06. The smallest absolute Gasteiger partial charge is 0.273 e. The number of nitro groups is 1. The average molecular weight is 247 g/mol. The van der Waals surface area contributed by atoms with E-state index in [1.165, 1.54) is 6.07 Å². The first-order chi connectivity index (χ1) is 7.52. The highest BCUT2D eigenvalue weighted by molar-refractivity contribution is 7.99. The molecule has 1 aromatic carbocycles. The maximum Gasteiger partial charge on any atom is 0.273 e. The first-order valence-electron chi connectivity index (χ1n) is 4.39. The van der Waals surface area contributed by atoms with Crippen molar-refractivity contribution in [1.29, 1.82) is 0 Å². The number of aliphatic hydroxyl groups is 2. The Morgan fingerprint density at radius 1 is 1.50 bits per heavy atom. The number of nitrogens with zero attached hydrogens (tertiary/aromatic N) is 1. The van der Waals surface area contributed by atoms with Crippen LogP contribution in [0.15, 0.2) is 23.1 Å². The lowest BCUT2D eigenvalue weighted by atomic mass is 10.3. The Bertz CT molecular complexity index is 388. The van der Waals surface area contributed by atoms with Crippen molar-refractivity contribution in [3.63, 3.8) is 0 Å². The van der Waals surface area contributed by atoms with Crippen LogP contribution in [0.1, 0.15) is 0 Å². The number of non-ortho nitro benzene ring substituents is 1. The molecule has 7 heteroatoms. The van der Waals surface area contributed by atoms with Gasteiger partial charge in [-0.15, -0.1) is 11.8 Å². The van der Waals surface area contributed by atoms with Gasteiger partial charge in [0.05, 0.1) is 23.7 Å². The number of aliphatic hydroxyl groups excluding tert-OH is 2. The third kappa shape index (κ3) is 3.76. The van der Waals surface area contributed by atoms with E-state index in [0.717, 1.165) is 23.9 Å². The lowest BCUT2D eigenvalue weighted by Crippen LogP contribution is -2.14. The maximum absolute atomic E-state index is 13.0. The van der Waals surface area contributed by atoms with Gasteiger partial charge in [-0.2, -0.15) is 0 Å². The van der Waals surface area contributed by atoms with Crippen LogP contribution in [0.4, 0.5) is 10.1 Å². The maximum atomic E-state index is 13.0. The van der Waals surface area contributed by atoms with Crippen molar-refractivity contribution >= 4 is 17.4 Å². The van der Waals surface area contributed by atoms with Crippen LogP contribution < -0.4 is 0 Å². The fourth-order valence-electron chi connectivity index (χ4n) is 0.982. The predicted octanol–water partition coefficient (Wildman–Crippen LogP) is 1.18. The minimum Gasteiger partial charge on any atom is -0.394 e. The van der Waals surface area contributed by atoms with Crippen LogP contribution in [0, 0.1) is 15.9 Å². The van der Waals surface area contributed by atoms with E-state index in [-0.39, 0.29) is 11.4 Å². The standard InChI is InChI=1S/C9H10FNO4S/c10-6-1-7(11(14)15)3-9(2-6)16-5-8(13)4-12/h1-3,8,12-13H,4-5H2. The first-order valence-corrected chi connectivity index (χ1v) is 5.38. The molecule has 0 aromatic heterocycles. The summed E-state index contributed by atoms with van der Waals surface area (Å²) in [5, 5.41) is 28.1. The lowest BCUT2D eigenvalue weighted by molar-refractivity contribution is -0.385. The van der Waals surface area contributed by atoms with Crippen molar-refractivity contribution in [3.8, 4) is 0 Å². The molecule has 1 atom stereocenters. The summed E-state index contributed by atoms with van der Waals surface area (Å²) in [6.45, 7) is -0.398. The number of hydrogen-bond donors (Lipinski definition) is 2. The van der Waals surface area contributed by atoms with Gasteiger partial charge in [0.15, 0.2) is 0 Å². The highest BCUT2D eigenvalue weighted by Gasteiger charge is 2.11. The van der Waals surface area contributed by atoms with Crippen LogP contribution in [0.25, 0.3) is 0 Å². The second kappa shape index (κ2) is 5.78. The van der Waals surface area contributed by atoms with E-state index in [9.17, 15) is 14.5 Å². The molecule has 0 aliphatic rings. The Hall–Kier alpha value is -1.18. The van der Waals surface area contributed by atoms with Gasteiger partial charge in [0.1, 0.15) is 5.82 Å². The molecule has 0 aliphatic heterocycles. The van der Waals surface area contributed by atoms with Gasteiger partial charge in [-0.05, 0) is 6.07 Å². The normalized spacial score (nSPS) is 12.4. The predicted molar refractivity (Wildman–Crippen MR) is 56.9 cm³/mol. The van der Waals surface area contributed by atoms with Crippen LogP contribution >= 0.6 is 11.8 Å². The second-order valence-electron chi connectivity index (χ2n) is 3.05. The van der Waals surface area contributed by atoms with Gasteiger partial charge in [-0.3, -0.25) is 10.1 Å². The zero-order valence-electron chi connectivity index (χ0n) is 8.17. The largest absolute Gasteiger partial charge is 0.394 e. The van der Waals surface area contributed by atoms with E-state index in [2.05, 4.69) is 0 Å². The van der Waals surface area contributed by atoms with Crippen molar-refractivity contribution in [1.82, 2.24) is 0 Å². The van der Waals surface area contributed by atoms with Gasteiger partial charge in [0, 0.05) is 16.7 Å². The van der Waals surface area contributed by atoms with Gasteiger partial charge in [-0.1, -0.05) is 0 Å². The van der Waals surface area contributed by atoms with Crippen LogP contribution in [-0.4, -0.2) is 33.6 Å². The molecule has 1 rings (SSSR count). The second-order valence-corrected chi connectivity index (χ2v) is 4.14. The fraction of sp³-hybridized carbons (Fsp3) is 0.333. The van der Waals surface area contributed by atoms with E-state index in [1.807, 2.05) is 0 Å². The molecule has 0 amide bonds. The summed E-state index contributed by atoms with van der Waals surface area (Å²) >= 11 is 1.04. The first kappa shape index (κ1) is 12.9. The molecular weight excluding hydrogens is 237 g/mol. The summed E-state index contributed by atoms with van der Waals surface area (Å²) in [6, 6.07) is 3.19. The van der Waals surface area contributed by atoms with Crippen molar-refractivity contribution in [2.45, 2.75) is 11.0 Å². The summed E-state index contributed by atoms with van der Waals surface area (Å²) in [4.78, 5) is 10.1. The molecule has 0 spiro atoms. The van der Waals surface area contributed by atoms with Crippen molar-refractivity contribution < 1.29 is 19.5 Å². The number of thioether (sulfide) groups is 1. The summed E-state index contributed by atoms with van der Waals surface area (Å²) in [5.41, 5.74) is -0.332. The van der Waals surface area contributed by atoms with E-state index in [1.54, 1.807) is 0 Å². The quantitative estimate of drug-likeness (QED) is 0.463. The topological polar surface area (TPSA) is 83.6 Å². The highest BCUT2D eigenvalue weighted by atomic mass is 32.2. The third-order valence-corrected chi connectivity index (χ3v) is 2.84. The number of hydrogen-bond acceptors (Lipinski definition) is 5. The monoisotopic (exact) mass is 247 g/mol. The molecule has 2 N–H and O–H groups in total. The molecule has 16 heavy (non-hydrogen) atoms. The van der Waals surface area contributed by atoms with Gasteiger partial charge < -0.3 is 10.2 Å². The molecule has 0 heterocycles. The van der Waals surface area contributed by atoms with Gasteiger partial charge in [-0.25, -0.2) is 4.39 Å². The number of benzene rings is 1. The van der Waals surface area contributed by atoms with E-state index in [4.69, 9.17) is 10.2 Å². The van der Waals surface area contributed by atoms with Crippen LogP contribution in [0.2, 0.25) is 0 Å². The zero-order valence-corrected chi connectivity index (χ0v) is 8.98. The Labute approximate surface area is 95.1 Å². The fourth-order valence-corrected chi connectivity index (χ4v) is 1.87. The summed E-state index contributed by atoms with van der Waals surface area (Å²) < 4.78 is 13.0. The van der Waals surface area contributed by atoms with Crippen molar-refractivity contribution in [3.05, 3.63) is 34.1 Å². The average Bonchev–Trinajstić information content (AvgIpc) is 2.25. The van der Waals surface area contributed by atoms with Crippen molar-refractivity contribution in [2.75, 3.05) is 12.4 Å². The SMILES string of the molecule is O=[N+]([O-])c1cc(F)cc(SCC(O)CO)c1. The van der Waals surface area contributed by atoms with E-state index in [0.29, 0.717) is 4.90 Å². The van der Waals surface area contributed by atoms with Crippen molar-refractivity contribution in [2.24, 2.45) is 0 Å². The molecular formula is C9H10FNO4S. The van der Waals surface area contributed by atoms with Crippen LogP contribution in [0.3, 0.4) is 0 Å². The number of rotatable bonds is 5. The summed E-state index contributed by atoms with van der Waals surface area (Å²) in [5.74, 6) is -0.549. The summed E-state index contributed by atoms with van der Waals surface area (Å²) in [6.07, 6.45) is -0.924. The Balaban J connectivity index is 2.76. The molecule has 5 nitrogen and oxygen atoms in total. The van der Waals surface area contributed by atoms with Crippen LogP contribution in [-0.2, 0) is 0 Å². The Morgan fingerprint density at radius 3 is 2.75 bits per heavy atom. The van der Waals surface area contributed by atoms with Gasteiger partial charge in [0.25, 0.3) is 5.69 Å². The summed E-state index contributed by atoms with van der Waals surface area (Å²) in [7, 11) is 0. The number of nitro benzene ring substituents is 1.